The first-order valence-electron chi connectivity index (χ1n) is 48.9. The first-order chi connectivity index (χ1) is 70.8. The molecule has 6 fully saturated rings. The molecule has 37 atom stereocenters. The van der Waals surface area contributed by atoms with Gasteiger partial charge in [0.05, 0.1) is 50.2 Å². The molecule has 150 heavy (non-hydrogen) atoms. The van der Waals surface area contributed by atoms with Crippen molar-refractivity contribution in [3.63, 3.8) is 0 Å². The van der Waals surface area contributed by atoms with Crippen molar-refractivity contribution in [3.8, 4) is 68.6 Å². The van der Waals surface area contributed by atoms with E-state index in [0.29, 0.717) is 0 Å². The van der Waals surface area contributed by atoms with Gasteiger partial charge in [0.1, 0.15) is 196 Å². The summed E-state index contributed by atoms with van der Waals surface area (Å²) in [7, 11) is 1.12. The molecule has 0 radical (unpaired) electrons. The molecular formula is C103H125N7O40. The van der Waals surface area contributed by atoms with Crippen LogP contribution in [0, 0.1) is 12.8 Å². The number of ether oxygens (including phenoxy) is 14. The predicted octanol–water partition coefficient (Wildman–Crippen LogP) is -1.90. The van der Waals surface area contributed by atoms with Gasteiger partial charge in [0, 0.05) is 41.8 Å². The second kappa shape index (κ2) is 42.5. The number of aliphatic hydroxyl groups is 16. The van der Waals surface area contributed by atoms with Gasteiger partial charge in [-0.05, 0) is 199 Å². The number of carbonyl (C=O) groups excluding carboxylic acids is 7. The van der Waals surface area contributed by atoms with E-state index in [1.54, 1.807) is 6.92 Å². The molecule has 812 valence electrons. The molecule has 1 saturated carbocycles. The fraction of sp³-hybridized carbons (Fsp3) is 0.524. The van der Waals surface area contributed by atoms with Gasteiger partial charge >= 0.3 is 0 Å². The lowest BCUT2D eigenvalue weighted by atomic mass is 9.80. The maximum atomic E-state index is 18.1. The zero-order chi connectivity index (χ0) is 108. The summed E-state index contributed by atoms with van der Waals surface area (Å²) in [5.41, 5.74) is -10.1. The number of hydrogen-bond acceptors (Lipinski definition) is 41. The van der Waals surface area contributed by atoms with Crippen molar-refractivity contribution in [2.45, 2.75) is 306 Å². The van der Waals surface area contributed by atoms with Crippen molar-refractivity contribution in [1.29, 1.82) is 0 Å². The summed E-state index contributed by atoms with van der Waals surface area (Å²) < 4.78 is 89.1. The van der Waals surface area contributed by atoms with Crippen LogP contribution in [-0.2, 0) is 104 Å². The van der Waals surface area contributed by atoms with Gasteiger partial charge in [0.25, 0.3) is 17.7 Å². The van der Waals surface area contributed by atoms with E-state index in [2.05, 4.69) is 31.9 Å². The lowest BCUT2D eigenvalue weighted by Crippen LogP contribution is -2.69. The Kier molecular flexibility index (Phi) is 31.1. The number of aliphatic hydroxyl groups excluding tert-OH is 16. The third kappa shape index (κ3) is 20.3. The minimum absolute atomic E-state index is 0.000486. The number of methoxy groups -OCH3 is 1. The average molecular weight is 2100 g/mol. The Morgan fingerprint density at radius 3 is 1.68 bits per heavy atom. The van der Waals surface area contributed by atoms with Gasteiger partial charge in [-0.1, -0.05) is 55.5 Å². The Hall–Kier alpha value is -11.4. The Bertz CT molecular complexity index is 6220. The Balaban J connectivity index is 0.936. The van der Waals surface area contributed by atoms with Crippen molar-refractivity contribution in [3.05, 3.63) is 177 Å². The Morgan fingerprint density at radius 1 is 0.473 bits per heavy atom. The highest BCUT2D eigenvalue weighted by molar-refractivity contribution is 6.04. The molecule has 7 aromatic rings. The molecule has 11 aliphatic heterocycles. The normalized spacial score (nSPS) is 38.3. The van der Waals surface area contributed by atoms with Crippen LogP contribution < -0.4 is 56.6 Å². The predicted molar refractivity (Wildman–Crippen MR) is 511 cm³/mol. The Morgan fingerprint density at radius 2 is 1.04 bits per heavy atom. The summed E-state index contributed by atoms with van der Waals surface area (Å²) in [4.78, 5) is 117. The molecule has 47 nitrogen and oxygen atoms in total. The van der Waals surface area contributed by atoms with Gasteiger partial charge < -0.3 is 201 Å². The van der Waals surface area contributed by atoms with E-state index in [1.165, 1.54) is 125 Å². The smallest absolute Gasteiger partial charge is 0.251 e. The molecule has 3 unspecified atom stereocenters. The van der Waals surface area contributed by atoms with Crippen molar-refractivity contribution in [2.24, 2.45) is 11.7 Å². The van der Waals surface area contributed by atoms with Crippen LogP contribution in [-0.4, -0.2) is 342 Å². The second-order valence-corrected chi connectivity index (χ2v) is 40.9. The standard InChI is InChI=1S/C103H125N7O40/c1-39-27-52(34-56(104)71(39)117)143-87-45-17-23-51(24-18-45)142-64-33-49-32-63(55(64)35-66-84(78(124)75(121)68(145-66)38-139-90-82(128)76(122)72(118)43(5)140-90)148-93-85(79(125)74(120)67(36-111)147-93)149-91-80(126)73(119)60(116)37-138-91)141-50-21-15-44(16-22-50)86(130)102(9)98(136)109-100(7,48-30-59(115)41(3)62(31-48)144-65-28-46(19-25-58(65)114)40(2)88(131)106-102)96(134)108-101(49,8)97(135)107-99(6)47-20-26-57(113)54(29-47)69-53(70(42(4)112)105-94(132)103(87,10)110-95(99)133)13-12-14-61(69)146-92-83(129)77(123)81(127)89(137-11)150-92/h12-26,28-33,39-40,43,52,56,60,66-68,70-87,89-93,111,113-130H,27,34-38,104H2,1-11H3,(H,105,132)(H,106,131)(H,107,135)(H,108,134)(H,109,136)(H,110,133)/t39-,40-,43+,52-,56-,60-,66+,67-,68-,70?,71+,72?,73-,74-,75-,76-,77+,78+,79+,80+,81+,82-,83+,84+,85+,86-,87-,89+,90-,91+,92-,93?,99-,100+,101-,102-,103+/m1/s1. The highest BCUT2D eigenvalue weighted by atomic mass is 16.8. The fourth-order valence-electron chi connectivity index (χ4n) is 20.6. The van der Waals surface area contributed by atoms with Crippen LogP contribution in [0.15, 0.2) is 127 Å². The fourth-order valence-corrected chi connectivity index (χ4v) is 20.6. The molecule has 11 heterocycles. The summed E-state index contributed by atoms with van der Waals surface area (Å²) in [6.07, 6.45) is -54.6. The summed E-state index contributed by atoms with van der Waals surface area (Å²) in [5.74, 6) is -15.1. The van der Waals surface area contributed by atoms with Gasteiger partial charge in [-0.2, -0.15) is 0 Å². The molecule has 0 aromatic heterocycles. The van der Waals surface area contributed by atoms with E-state index >= 15 is 33.6 Å². The molecule has 17 bridgehead atoms. The molecule has 0 spiro atoms. The molecule has 12 aliphatic rings. The maximum Gasteiger partial charge on any atom is 0.251 e. The highest BCUT2D eigenvalue weighted by Crippen LogP contribution is 2.52. The van der Waals surface area contributed by atoms with E-state index in [-0.39, 0.29) is 80.3 Å². The monoisotopic (exact) mass is 2100 g/mol. The van der Waals surface area contributed by atoms with E-state index in [4.69, 9.17) is 72.0 Å². The number of phenolic OH excluding ortho intramolecular Hbond substituents is 3. The number of nitrogens with two attached hydrogens (primary N) is 1. The van der Waals surface area contributed by atoms with Crippen LogP contribution in [0.5, 0.6) is 57.5 Å². The maximum absolute atomic E-state index is 18.1. The van der Waals surface area contributed by atoms with Crippen LogP contribution in [0.25, 0.3) is 11.1 Å². The van der Waals surface area contributed by atoms with Gasteiger partial charge in [0.2, 0.25) is 24.0 Å². The lowest BCUT2D eigenvalue weighted by Gasteiger charge is -2.48. The summed E-state index contributed by atoms with van der Waals surface area (Å²) in [6, 6.07) is 23.5. The number of nitrogens with one attached hydrogen (secondary N) is 6. The summed E-state index contributed by atoms with van der Waals surface area (Å²) >= 11 is 0. The molecule has 47 heteroatoms. The van der Waals surface area contributed by atoms with Crippen LogP contribution in [0.3, 0.4) is 0 Å². The summed E-state index contributed by atoms with van der Waals surface area (Å²) in [6.45, 7) is 9.91. The molecule has 7 aromatic carbocycles. The van der Waals surface area contributed by atoms with Crippen LogP contribution >= 0.6 is 0 Å². The number of benzene rings is 7. The first kappa shape index (κ1) is 110. The zero-order valence-corrected chi connectivity index (χ0v) is 83.0. The number of Topliss-reactive ketones (excluding diaryl/α,β-unsaturated/α-hetero) is 1. The molecule has 5 saturated heterocycles. The summed E-state index contributed by atoms with van der Waals surface area (Å²) in [5, 5.41) is 239. The number of rotatable bonds is 16. The lowest BCUT2D eigenvalue weighted by molar-refractivity contribution is -0.376. The third-order valence-electron chi connectivity index (χ3n) is 30.5. The highest BCUT2D eigenvalue weighted by Gasteiger charge is 2.60. The van der Waals surface area contributed by atoms with Crippen molar-refractivity contribution in [1.82, 2.24) is 31.9 Å². The largest absolute Gasteiger partial charge is 0.508 e. The average Bonchev–Trinajstić information content (AvgIpc) is 0.732. The minimum atomic E-state index is -3.08. The number of fused-ring (bicyclic) bond motifs is 14. The molecule has 6 amide bonds. The molecule has 1 aliphatic carbocycles. The molecule has 19 rings (SSSR count). The second-order valence-electron chi connectivity index (χ2n) is 40.9. The van der Waals surface area contributed by atoms with E-state index in [0.717, 1.165) is 72.1 Å². The van der Waals surface area contributed by atoms with E-state index in [1.807, 2.05) is 0 Å². The molecular weight excluding hydrogens is 1980 g/mol. The SMILES string of the molecule is CO[C@H]1O[C@@H](Oc2cccc3c2-c2cc(ccc2O)[C@@]2(C)NC(=O)[C@]4(C)NC(=O)[C@@]5(C)NC(=O)[C@](C)(NC(=O)[C@H](C)c6ccc(O)c(c6)Oc6cc5cc(O)c6C)[C@H](O)c5ccc(cc5)Oc5cc4cc(c5C[C@@H]4O[C@H](CO[C@@H]5O[C@@H](C)C(O)[C@@H](O)[C@H]5O)[C@@H](O)[C@H](O)[C@H]4OC4O[C@H](CO)[C@@H](O)[C@H](O)[C@@H]4O[C@@H]4OC[C@@H](O)[C@@H](O)[C@@H]4O)Oc4ccc(cc4)[C@@H](O[C@@H]4C[C@@H](C)[C@H](O)[C@H](N)C4)[C@](C)(NC2=O)C(=O)NC3C(C)=O)[C@@H](O)[C@@H](O)[C@@H]1O. The van der Waals surface area contributed by atoms with E-state index < -0.39 is 342 Å². The number of phenols is 3. The van der Waals surface area contributed by atoms with E-state index in [9.17, 15) is 97.0 Å². The van der Waals surface area contributed by atoms with Crippen LogP contribution in [0.4, 0.5) is 0 Å². The first-order valence-corrected chi connectivity index (χ1v) is 48.9. The minimum Gasteiger partial charge on any atom is -0.508 e. The Labute approximate surface area is 856 Å². The van der Waals surface area contributed by atoms with Crippen molar-refractivity contribution in [2.75, 3.05) is 26.9 Å². The van der Waals surface area contributed by atoms with Gasteiger partial charge in [0.15, 0.2) is 42.4 Å². The van der Waals surface area contributed by atoms with Gasteiger partial charge in [-0.15, -0.1) is 0 Å². The van der Waals surface area contributed by atoms with Crippen molar-refractivity contribution < 1.29 is 197 Å². The number of ketones is 1. The number of carbonyl (C=O) groups is 7. The van der Waals surface area contributed by atoms with Gasteiger partial charge in [-0.25, -0.2) is 0 Å². The van der Waals surface area contributed by atoms with Crippen molar-refractivity contribution >= 4 is 41.2 Å². The van der Waals surface area contributed by atoms with Crippen LogP contribution in [0.1, 0.15) is 149 Å². The topological polar surface area (TPSA) is 731 Å². The molecule has 27 N–H and O–H groups in total. The number of amides is 6. The van der Waals surface area contributed by atoms with Crippen LogP contribution in [0.2, 0.25) is 0 Å². The number of hydrogen-bond donors (Lipinski definition) is 26. The van der Waals surface area contributed by atoms with Gasteiger partial charge in [-0.3, -0.25) is 33.6 Å². The number of aromatic hydroxyl groups is 3. The third-order valence-corrected chi connectivity index (χ3v) is 30.5. The quantitative estimate of drug-likeness (QED) is 0.0502. The zero-order valence-electron chi connectivity index (χ0n) is 83.0.